The predicted molar refractivity (Wildman–Crippen MR) is 102 cm³/mol. The Kier molecular flexibility index (Phi) is 5.43. The highest BCUT2D eigenvalue weighted by molar-refractivity contribution is 7.98. The average Bonchev–Trinajstić information content (AvgIpc) is 3.02. The summed E-state index contributed by atoms with van der Waals surface area (Å²) in [5.41, 5.74) is 2.34. The normalized spacial score (nSPS) is 11.0. The third-order valence-electron chi connectivity index (χ3n) is 4.01. The van der Waals surface area contributed by atoms with Gasteiger partial charge in [0.25, 0.3) is 0 Å². The number of hydrogen-bond acceptors (Lipinski definition) is 4. The summed E-state index contributed by atoms with van der Waals surface area (Å²) in [6.07, 6.45) is 0.942. The van der Waals surface area contributed by atoms with Crippen molar-refractivity contribution in [1.82, 2.24) is 9.78 Å². The van der Waals surface area contributed by atoms with Crippen LogP contribution in [0.4, 0.5) is 0 Å². The van der Waals surface area contributed by atoms with Crippen LogP contribution < -0.4 is 4.74 Å². The van der Waals surface area contributed by atoms with E-state index in [0.717, 1.165) is 40.1 Å². The van der Waals surface area contributed by atoms with E-state index in [4.69, 9.17) is 4.74 Å². The molecule has 0 N–H and O–H groups in total. The van der Waals surface area contributed by atoms with Gasteiger partial charge in [0, 0.05) is 35.2 Å². The molecular formula is C20H22N2O2S. The van der Waals surface area contributed by atoms with Crippen LogP contribution in [0, 0.1) is 0 Å². The van der Waals surface area contributed by atoms with Crippen LogP contribution in [0.5, 0.6) is 5.75 Å². The molecule has 3 aromatic rings. The number of carbonyl (C=O) groups is 1. The number of rotatable bonds is 6. The molecule has 25 heavy (non-hydrogen) atoms. The first-order valence-electron chi connectivity index (χ1n) is 8.50. The van der Waals surface area contributed by atoms with Crippen molar-refractivity contribution in [3.05, 3.63) is 53.9 Å². The fraction of sp³-hybridized carbons (Fsp3) is 0.300. The van der Waals surface area contributed by atoms with Crippen LogP contribution in [0.1, 0.15) is 32.2 Å². The molecule has 0 aliphatic rings. The van der Waals surface area contributed by atoms with E-state index in [-0.39, 0.29) is 5.97 Å². The number of aryl methyl sites for hydroxylation is 2. The van der Waals surface area contributed by atoms with Gasteiger partial charge in [0.15, 0.2) is 0 Å². The van der Waals surface area contributed by atoms with Crippen molar-refractivity contribution in [3.8, 4) is 5.75 Å². The van der Waals surface area contributed by atoms with Crippen LogP contribution in [0.25, 0.3) is 10.8 Å². The summed E-state index contributed by atoms with van der Waals surface area (Å²) < 4.78 is 7.47. The van der Waals surface area contributed by atoms with Gasteiger partial charge in [0.05, 0.1) is 5.69 Å². The lowest BCUT2D eigenvalue weighted by molar-refractivity contribution is -0.131. The Bertz CT molecular complexity index is 902. The summed E-state index contributed by atoms with van der Waals surface area (Å²) in [7, 11) is 0. The van der Waals surface area contributed by atoms with E-state index < -0.39 is 0 Å². The first-order chi connectivity index (χ1) is 12.1. The van der Waals surface area contributed by atoms with Crippen LogP contribution >= 0.6 is 11.8 Å². The second-order valence-electron chi connectivity index (χ2n) is 5.82. The lowest BCUT2D eigenvalue weighted by Gasteiger charge is -2.10. The fourth-order valence-electron chi connectivity index (χ4n) is 2.81. The Labute approximate surface area is 152 Å². The van der Waals surface area contributed by atoms with Crippen molar-refractivity contribution in [2.24, 2.45) is 0 Å². The first-order valence-corrected chi connectivity index (χ1v) is 9.48. The third-order valence-corrected chi connectivity index (χ3v) is 5.02. The quantitative estimate of drug-likeness (QED) is 0.361. The minimum atomic E-state index is -0.302. The van der Waals surface area contributed by atoms with E-state index >= 15 is 0 Å². The number of thioether (sulfide) groups is 1. The molecule has 0 fully saturated rings. The van der Waals surface area contributed by atoms with Crippen LogP contribution in [-0.4, -0.2) is 15.7 Å². The highest BCUT2D eigenvalue weighted by atomic mass is 32.2. The van der Waals surface area contributed by atoms with Crippen LogP contribution in [0.3, 0.4) is 0 Å². The largest absolute Gasteiger partial charge is 0.426 e. The Morgan fingerprint density at radius 2 is 2.00 bits per heavy atom. The number of carbonyl (C=O) groups excluding carboxylic acids is 1. The molecule has 3 rings (SSSR count). The van der Waals surface area contributed by atoms with Crippen molar-refractivity contribution in [2.75, 3.05) is 0 Å². The molecule has 0 aliphatic carbocycles. The maximum atomic E-state index is 11.4. The van der Waals surface area contributed by atoms with Gasteiger partial charge in [0.1, 0.15) is 5.75 Å². The summed E-state index contributed by atoms with van der Waals surface area (Å²) in [4.78, 5) is 12.5. The summed E-state index contributed by atoms with van der Waals surface area (Å²) in [6, 6.07) is 14.2. The zero-order valence-corrected chi connectivity index (χ0v) is 15.6. The maximum absolute atomic E-state index is 11.4. The number of hydrogen-bond donors (Lipinski definition) is 0. The molecule has 0 radical (unpaired) electrons. The molecule has 0 bridgehead atoms. The van der Waals surface area contributed by atoms with Crippen LogP contribution in [0.2, 0.25) is 0 Å². The van der Waals surface area contributed by atoms with Gasteiger partial charge < -0.3 is 4.74 Å². The van der Waals surface area contributed by atoms with Gasteiger partial charge >= 0.3 is 5.97 Å². The molecular weight excluding hydrogens is 332 g/mol. The number of nitrogens with zero attached hydrogens (tertiary/aromatic N) is 2. The van der Waals surface area contributed by atoms with Crippen molar-refractivity contribution >= 4 is 28.5 Å². The van der Waals surface area contributed by atoms with Crippen LogP contribution in [-0.2, 0) is 23.5 Å². The summed E-state index contributed by atoms with van der Waals surface area (Å²) in [6.45, 7) is 6.52. The second-order valence-corrected chi connectivity index (χ2v) is 6.87. The molecule has 0 saturated carbocycles. The van der Waals surface area contributed by atoms with Gasteiger partial charge in [-0.2, -0.15) is 5.10 Å². The van der Waals surface area contributed by atoms with Gasteiger partial charge in [-0.25, -0.2) is 0 Å². The van der Waals surface area contributed by atoms with Gasteiger partial charge in [-0.3, -0.25) is 9.48 Å². The Hall–Kier alpha value is -2.27. The number of esters is 1. The van der Waals surface area contributed by atoms with Crippen LogP contribution in [0.15, 0.2) is 47.4 Å². The van der Waals surface area contributed by atoms with Gasteiger partial charge in [-0.15, -0.1) is 11.8 Å². The molecule has 5 heteroatoms. The zero-order valence-electron chi connectivity index (χ0n) is 14.8. The number of benzene rings is 2. The molecule has 0 atom stereocenters. The van der Waals surface area contributed by atoms with E-state index in [0.29, 0.717) is 5.75 Å². The minimum Gasteiger partial charge on any atom is -0.426 e. The monoisotopic (exact) mass is 354 g/mol. The highest BCUT2D eigenvalue weighted by Gasteiger charge is 2.10. The van der Waals surface area contributed by atoms with E-state index in [9.17, 15) is 4.79 Å². The standard InChI is InChI=1S/C20H22N2O2S/c1-4-16-11-17(22(5-2)21-16)13-25-18-10-15-8-6-7-9-19(15)20(12-18)24-14(3)23/h6-12H,4-5,13H2,1-3H3. The maximum Gasteiger partial charge on any atom is 0.308 e. The summed E-state index contributed by atoms with van der Waals surface area (Å²) >= 11 is 1.73. The summed E-state index contributed by atoms with van der Waals surface area (Å²) in [5, 5.41) is 6.62. The molecule has 2 aromatic carbocycles. The molecule has 1 heterocycles. The van der Waals surface area contributed by atoms with E-state index in [2.05, 4.69) is 35.8 Å². The number of fused-ring (bicyclic) bond motifs is 1. The number of ether oxygens (including phenoxy) is 1. The molecule has 130 valence electrons. The Morgan fingerprint density at radius 1 is 1.20 bits per heavy atom. The molecule has 0 aliphatic heterocycles. The van der Waals surface area contributed by atoms with Gasteiger partial charge in [-0.05, 0) is 36.9 Å². The van der Waals surface area contributed by atoms with Crippen molar-refractivity contribution in [1.29, 1.82) is 0 Å². The molecule has 4 nitrogen and oxygen atoms in total. The Balaban J connectivity index is 1.88. The average molecular weight is 354 g/mol. The first kappa shape index (κ1) is 17.5. The Morgan fingerprint density at radius 3 is 2.72 bits per heavy atom. The lowest BCUT2D eigenvalue weighted by Crippen LogP contribution is -2.02. The lowest BCUT2D eigenvalue weighted by atomic mass is 10.1. The smallest absolute Gasteiger partial charge is 0.308 e. The number of aromatic nitrogens is 2. The minimum absolute atomic E-state index is 0.302. The molecule has 0 saturated heterocycles. The third kappa shape index (κ3) is 4.04. The van der Waals surface area contributed by atoms with E-state index in [1.165, 1.54) is 12.6 Å². The van der Waals surface area contributed by atoms with Gasteiger partial charge in [0.2, 0.25) is 0 Å². The molecule has 0 spiro atoms. The fourth-order valence-corrected chi connectivity index (χ4v) is 3.75. The SMILES string of the molecule is CCc1cc(CSc2cc(OC(C)=O)c3ccccc3c2)n(CC)n1. The molecule has 0 amide bonds. The molecule has 1 aromatic heterocycles. The van der Waals surface area contributed by atoms with E-state index in [1.54, 1.807) is 11.8 Å². The van der Waals surface area contributed by atoms with Crippen molar-refractivity contribution < 1.29 is 9.53 Å². The topological polar surface area (TPSA) is 44.1 Å². The second kappa shape index (κ2) is 7.74. The van der Waals surface area contributed by atoms with Crippen molar-refractivity contribution in [2.45, 2.75) is 44.4 Å². The zero-order chi connectivity index (χ0) is 17.8. The molecule has 0 unspecified atom stereocenters. The van der Waals surface area contributed by atoms with E-state index in [1.807, 2.05) is 30.3 Å². The predicted octanol–water partition coefficient (Wildman–Crippen LogP) is 4.84. The summed E-state index contributed by atoms with van der Waals surface area (Å²) in [5.74, 6) is 1.15. The van der Waals surface area contributed by atoms with Crippen molar-refractivity contribution in [3.63, 3.8) is 0 Å². The van der Waals surface area contributed by atoms with Gasteiger partial charge in [-0.1, -0.05) is 31.2 Å². The highest BCUT2D eigenvalue weighted by Crippen LogP contribution is 2.33.